The van der Waals surface area contributed by atoms with E-state index in [1.165, 1.54) is 27.3 Å². The molecule has 1 aliphatic heterocycles. The molecule has 1 aliphatic rings. The number of ether oxygens (including phenoxy) is 1. The van der Waals surface area contributed by atoms with Crippen molar-refractivity contribution in [1.82, 2.24) is 5.32 Å². The van der Waals surface area contributed by atoms with E-state index in [2.05, 4.69) is 5.32 Å². The molecule has 1 amide bonds. The zero-order valence-electron chi connectivity index (χ0n) is 19.4. The Balaban J connectivity index is 2.35. The minimum Gasteiger partial charge on any atom is -0.463 e. The van der Waals surface area contributed by atoms with E-state index >= 15 is 0 Å². The maximum Gasteiger partial charge on any atom is 0.497 e. The number of nitrogens with one attached hydrogen (secondary N) is 1. The van der Waals surface area contributed by atoms with Gasteiger partial charge in [-0.2, -0.15) is 0 Å². The number of amides is 1. The van der Waals surface area contributed by atoms with Gasteiger partial charge in [0.15, 0.2) is 0 Å². The van der Waals surface area contributed by atoms with Gasteiger partial charge in [-0.1, -0.05) is 0 Å². The summed E-state index contributed by atoms with van der Waals surface area (Å²) in [6.07, 6.45) is 1.06. The summed E-state index contributed by atoms with van der Waals surface area (Å²) in [6, 6.07) is 2.99. The van der Waals surface area contributed by atoms with Crippen LogP contribution < -0.4 is 15.1 Å². The van der Waals surface area contributed by atoms with Gasteiger partial charge in [0, 0.05) is 31.0 Å². The molecular weight excluding hydrogens is 439 g/mol. The largest absolute Gasteiger partial charge is 0.497 e. The monoisotopic (exact) mass is 466 g/mol. The zero-order chi connectivity index (χ0) is 24.2. The van der Waals surface area contributed by atoms with Crippen LogP contribution in [-0.2, 0) is 24.1 Å². The van der Waals surface area contributed by atoms with E-state index in [1.807, 2.05) is 27.7 Å². The number of rotatable bonds is 5. The fraction of sp³-hybridized carbons (Fsp3) is 0.500. The number of fused-ring (bicyclic) bond motifs is 1. The summed E-state index contributed by atoms with van der Waals surface area (Å²) < 4.78 is 48.4. The average molecular weight is 466 g/mol. The van der Waals surface area contributed by atoms with Gasteiger partial charge in [0.1, 0.15) is 11.1 Å². The van der Waals surface area contributed by atoms with Crippen LogP contribution in [-0.4, -0.2) is 66.1 Å². The molecule has 1 fully saturated rings. The van der Waals surface area contributed by atoms with Crippen LogP contribution in [0.15, 0.2) is 16.5 Å². The van der Waals surface area contributed by atoms with Crippen molar-refractivity contribution in [3.8, 4) is 0 Å². The average Bonchev–Trinajstić information content (AvgIpc) is 3.17. The highest BCUT2D eigenvalue weighted by Crippen LogP contribution is 2.38. The highest BCUT2D eigenvalue weighted by Gasteiger charge is 2.52. The molecule has 32 heavy (non-hydrogen) atoms. The fourth-order valence-electron chi connectivity index (χ4n) is 3.35. The number of furan rings is 1. The van der Waals surface area contributed by atoms with Gasteiger partial charge in [0.05, 0.1) is 30.3 Å². The molecule has 0 bridgehead atoms. The van der Waals surface area contributed by atoms with Gasteiger partial charge in [-0.15, -0.1) is 0 Å². The molecule has 2 heterocycles. The number of carbonyl (C=O) groups is 2. The highest BCUT2D eigenvalue weighted by atomic mass is 32.2. The summed E-state index contributed by atoms with van der Waals surface area (Å²) in [5.74, 6) is -1.69. The molecular formula is C20H27BN2O8S. The van der Waals surface area contributed by atoms with E-state index in [0.29, 0.717) is 10.8 Å². The zero-order valence-corrected chi connectivity index (χ0v) is 20.2. The molecule has 2 aromatic rings. The maximum atomic E-state index is 12.6. The first kappa shape index (κ1) is 24.1. The molecule has 0 unspecified atom stereocenters. The van der Waals surface area contributed by atoms with Crippen LogP contribution in [0.4, 0.5) is 5.69 Å². The fourth-order valence-corrected chi connectivity index (χ4v) is 3.86. The first-order valence-corrected chi connectivity index (χ1v) is 11.7. The molecule has 10 nitrogen and oxygen atoms in total. The molecule has 3 rings (SSSR count). The third-order valence-electron chi connectivity index (χ3n) is 6.01. The Bertz CT molecular complexity index is 1190. The SMILES string of the molecule is CNC(=O)c1c(C(=O)OC)oc2cc(N(C)S(C)(=O)=O)c(B3OC(C)(C)C(C)(C)O3)cc12. The Labute approximate surface area is 187 Å². The van der Waals surface area contributed by atoms with Gasteiger partial charge < -0.3 is 23.8 Å². The van der Waals surface area contributed by atoms with E-state index in [9.17, 15) is 18.0 Å². The van der Waals surface area contributed by atoms with Crippen LogP contribution in [0.1, 0.15) is 48.6 Å². The number of esters is 1. The summed E-state index contributed by atoms with van der Waals surface area (Å²) in [6.45, 7) is 7.48. The van der Waals surface area contributed by atoms with Crippen LogP contribution in [0, 0.1) is 0 Å². The van der Waals surface area contributed by atoms with Gasteiger partial charge >= 0.3 is 13.1 Å². The first-order chi connectivity index (χ1) is 14.6. The van der Waals surface area contributed by atoms with Crippen molar-refractivity contribution in [2.75, 3.05) is 31.8 Å². The highest BCUT2D eigenvalue weighted by molar-refractivity contribution is 7.92. The number of sulfonamides is 1. The molecule has 1 N–H and O–H groups in total. The number of anilines is 1. The summed E-state index contributed by atoms with van der Waals surface area (Å²) in [4.78, 5) is 24.9. The lowest BCUT2D eigenvalue weighted by Crippen LogP contribution is -2.41. The van der Waals surface area contributed by atoms with E-state index in [1.54, 1.807) is 6.07 Å². The van der Waals surface area contributed by atoms with Crippen LogP contribution in [0.25, 0.3) is 11.0 Å². The molecule has 0 radical (unpaired) electrons. The Morgan fingerprint density at radius 3 is 2.16 bits per heavy atom. The topological polar surface area (TPSA) is 124 Å². The molecule has 12 heteroatoms. The van der Waals surface area contributed by atoms with Crippen LogP contribution in [0.3, 0.4) is 0 Å². The van der Waals surface area contributed by atoms with Gasteiger partial charge in [-0.3, -0.25) is 9.10 Å². The smallest absolute Gasteiger partial charge is 0.463 e. The second kappa shape index (κ2) is 7.78. The first-order valence-electron chi connectivity index (χ1n) is 9.85. The molecule has 174 valence electrons. The standard InChI is InChI=1S/C20H27BN2O8S/c1-19(2)20(3,4)31-21(30-19)12-9-11-14(10-13(12)23(6)32(8,26)27)29-16(18(25)28-7)15(11)17(24)22-5/h9-10H,1-8H3,(H,22,24). The Morgan fingerprint density at radius 1 is 1.12 bits per heavy atom. The van der Waals surface area contributed by atoms with Gasteiger partial charge in [0.2, 0.25) is 15.8 Å². The van der Waals surface area contributed by atoms with Crippen molar-refractivity contribution >= 4 is 51.1 Å². The number of benzene rings is 1. The summed E-state index contributed by atoms with van der Waals surface area (Å²) in [5, 5.41) is 2.77. The van der Waals surface area contributed by atoms with Crippen molar-refractivity contribution in [2.24, 2.45) is 0 Å². The molecule has 1 saturated heterocycles. The lowest BCUT2D eigenvalue weighted by Gasteiger charge is -2.32. The maximum absolute atomic E-state index is 12.6. The lowest BCUT2D eigenvalue weighted by atomic mass is 9.77. The van der Waals surface area contributed by atoms with Gasteiger partial charge in [-0.05, 0) is 33.8 Å². The predicted octanol–water partition coefficient (Wildman–Crippen LogP) is 1.27. The van der Waals surface area contributed by atoms with Gasteiger partial charge in [-0.25, -0.2) is 13.2 Å². The van der Waals surface area contributed by atoms with Crippen molar-refractivity contribution in [2.45, 2.75) is 38.9 Å². The number of hydrogen-bond acceptors (Lipinski definition) is 8. The van der Waals surface area contributed by atoms with E-state index < -0.39 is 40.2 Å². The molecule has 0 spiro atoms. The molecule has 1 aromatic carbocycles. The molecule has 0 atom stereocenters. The minimum absolute atomic E-state index is 0.0272. The number of carbonyl (C=O) groups excluding carboxylic acids is 2. The van der Waals surface area contributed by atoms with E-state index in [-0.39, 0.29) is 22.6 Å². The summed E-state index contributed by atoms with van der Waals surface area (Å²) in [5.41, 5.74) is -0.677. The summed E-state index contributed by atoms with van der Waals surface area (Å²) >= 11 is 0. The van der Waals surface area contributed by atoms with Crippen molar-refractivity contribution in [3.05, 3.63) is 23.5 Å². The second-order valence-electron chi connectivity index (χ2n) is 8.60. The van der Waals surface area contributed by atoms with Crippen LogP contribution >= 0.6 is 0 Å². The Hall–Kier alpha value is -2.57. The Morgan fingerprint density at radius 2 is 1.69 bits per heavy atom. The van der Waals surface area contributed by atoms with E-state index in [4.69, 9.17) is 18.5 Å². The lowest BCUT2D eigenvalue weighted by molar-refractivity contribution is 0.00578. The molecule has 0 aliphatic carbocycles. The Kier molecular flexibility index (Phi) is 5.86. The third-order valence-corrected chi connectivity index (χ3v) is 7.20. The molecule has 1 aromatic heterocycles. The minimum atomic E-state index is -3.67. The quantitative estimate of drug-likeness (QED) is 0.516. The van der Waals surface area contributed by atoms with E-state index in [0.717, 1.165) is 10.6 Å². The van der Waals surface area contributed by atoms with Crippen molar-refractivity contribution in [1.29, 1.82) is 0 Å². The van der Waals surface area contributed by atoms with Crippen molar-refractivity contribution in [3.63, 3.8) is 0 Å². The number of methoxy groups -OCH3 is 1. The van der Waals surface area contributed by atoms with Crippen molar-refractivity contribution < 1.29 is 36.5 Å². The van der Waals surface area contributed by atoms with Gasteiger partial charge in [0.25, 0.3) is 5.91 Å². The normalized spacial score (nSPS) is 17.4. The molecule has 0 saturated carbocycles. The third kappa shape index (κ3) is 3.86. The second-order valence-corrected chi connectivity index (χ2v) is 10.6. The predicted molar refractivity (Wildman–Crippen MR) is 120 cm³/mol. The van der Waals surface area contributed by atoms with Crippen LogP contribution in [0.2, 0.25) is 0 Å². The van der Waals surface area contributed by atoms with Crippen LogP contribution in [0.5, 0.6) is 0 Å². The number of nitrogens with zero attached hydrogens (tertiary/aromatic N) is 1. The number of hydrogen-bond donors (Lipinski definition) is 1. The summed E-state index contributed by atoms with van der Waals surface area (Å²) in [7, 11) is -0.630.